The van der Waals surface area contributed by atoms with Crippen molar-refractivity contribution in [2.45, 2.75) is 31.0 Å². The number of ether oxygens (including phenoxy) is 5. The number of carbonyl (C=O) groups excluding carboxylic acids is 4. The average Bonchev–Trinajstić information content (AvgIpc) is 3.30. The van der Waals surface area contributed by atoms with E-state index in [0.29, 0.717) is 5.56 Å². The number of hydrogen-bond acceptors (Lipinski definition) is 9. The lowest BCUT2D eigenvalue weighted by molar-refractivity contribution is -0.175. The summed E-state index contributed by atoms with van der Waals surface area (Å²) in [6, 6.07) is 32.8. The Morgan fingerprint density at radius 2 is 0.977 bits per heavy atom. The number of esters is 4. The summed E-state index contributed by atoms with van der Waals surface area (Å²) in [6.45, 7) is 1.04. The summed E-state index contributed by atoms with van der Waals surface area (Å²) < 4.78 is 29.1. The maximum absolute atomic E-state index is 13.3. The Balaban J connectivity index is 1.48. The first-order valence-electron chi connectivity index (χ1n) is 13.5. The van der Waals surface area contributed by atoms with Crippen molar-refractivity contribution in [3.05, 3.63) is 144 Å². The SMILES string of the molecule is C[C@@]1(OC(=O)c2ccccc2)[C@@H](OC(=O)c2ccccc2)O[C@@H](COC(=O)c2ccccc2)[C@H]1OC(=O)c1ccccc1. The lowest BCUT2D eigenvalue weighted by atomic mass is 9.96. The standard InChI is InChI=1S/C34H28O9/c1-34(43-32(38)26-20-12-5-13-21-26)28(41-30(36)24-16-8-3-9-17-24)27(22-39-29(35)23-14-6-2-7-15-23)40-33(34)42-31(37)25-18-10-4-11-19-25/h2-21,27-28,33H,22H2,1H3/t27-,28+,33+,34-/m0/s1. The zero-order valence-corrected chi connectivity index (χ0v) is 23.2. The van der Waals surface area contributed by atoms with Crippen LogP contribution in [0.4, 0.5) is 0 Å². The van der Waals surface area contributed by atoms with Gasteiger partial charge in [-0.1, -0.05) is 72.8 Å². The van der Waals surface area contributed by atoms with E-state index in [0.717, 1.165) is 0 Å². The van der Waals surface area contributed by atoms with E-state index in [9.17, 15) is 19.2 Å². The number of rotatable bonds is 9. The van der Waals surface area contributed by atoms with Crippen LogP contribution in [0.3, 0.4) is 0 Å². The molecule has 218 valence electrons. The number of hydrogen-bond donors (Lipinski definition) is 0. The molecule has 4 aromatic carbocycles. The monoisotopic (exact) mass is 580 g/mol. The van der Waals surface area contributed by atoms with Crippen molar-refractivity contribution in [2.24, 2.45) is 0 Å². The zero-order chi connectivity index (χ0) is 30.2. The summed E-state index contributed by atoms with van der Waals surface area (Å²) in [7, 11) is 0. The molecule has 1 aliphatic rings. The van der Waals surface area contributed by atoms with Crippen LogP contribution in [0.5, 0.6) is 0 Å². The van der Waals surface area contributed by atoms with Gasteiger partial charge in [-0.2, -0.15) is 0 Å². The fraction of sp³-hybridized carbons (Fsp3) is 0.176. The van der Waals surface area contributed by atoms with E-state index in [1.165, 1.54) is 6.92 Å². The van der Waals surface area contributed by atoms with E-state index in [1.54, 1.807) is 121 Å². The van der Waals surface area contributed by atoms with Crippen LogP contribution in [0.2, 0.25) is 0 Å². The van der Waals surface area contributed by atoms with E-state index < -0.39 is 54.6 Å². The van der Waals surface area contributed by atoms with Crippen molar-refractivity contribution < 1.29 is 42.9 Å². The van der Waals surface area contributed by atoms with Gasteiger partial charge < -0.3 is 23.7 Å². The predicted octanol–water partition coefficient (Wildman–Crippen LogP) is 5.27. The minimum atomic E-state index is -1.86. The molecule has 1 saturated heterocycles. The van der Waals surface area contributed by atoms with E-state index in [1.807, 2.05) is 0 Å². The van der Waals surface area contributed by atoms with Crippen LogP contribution in [-0.4, -0.2) is 54.6 Å². The van der Waals surface area contributed by atoms with Gasteiger partial charge in [0, 0.05) is 0 Å². The fourth-order valence-corrected chi connectivity index (χ4v) is 4.58. The summed E-state index contributed by atoms with van der Waals surface area (Å²) in [6.07, 6.45) is -4.07. The van der Waals surface area contributed by atoms with E-state index >= 15 is 0 Å². The van der Waals surface area contributed by atoms with E-state index in [4.69, 9.17) is 23.7 Å². The summed E-state index contributed by atoms with van der Waals surface area (Å²) in [5.74, 6) is -2.92. The Hall–Kier alpha value is -5.28. The molecule has 0 aliphatic carbocycles. The molecule has 1 aliphatic heterocycles. The zero-order valence-electron chi connectivity index (χ0n) is 23.2. The second kappa shape index (κ2) is 13.1. The van der Waals surface area contributed by atoms with Crippen molar-refractivity contribution in [1.82, 2.24) is 0 Å². The second-order valence-electron chi connectivity index (χ2n) is 9.87. The van der Waals surface area contributed by atoms with Crippen LogP contribution >= 0.6 is 0 Å². The van der Waals surface area contributed by atoms with Gasteiger partial charge in [0.15, 0.2) is 6.10 Å². The van der Waals surface area contributed by atoms with Gasteiger partial charge in [-0.15, -0.1) is 0 Å². The van der Waals surface area contributed by atoms with Crippen LogP contribution in [0, 0.1) is 0 Å². The predicted molar refractivity (Wildman–Crippen MR) is 153 cm³/mol. The van der Waals surface area contributed by atoms with Crippen LogP contribution in [-0.2, 0) is 23.7 Å². The van der Waals surface area contributed by atoms with Crippen LogP contribution in [0.25, 0.3) is 0 Å². The fourth-order valence-electron chi connectivity index (χ4n) is 4.58. The Kier molecular flexibility index (Phi) is 8.93. The van der Waals surface area contributed by atoms with Crippen molar-refractivity contribution >= 4 is 23.9 Å². The molecule has 1 fully saturated rings. The third-order valence-electron chi connectivity index (χ3n) is 6.85. The maximum Gasteiger partial charge on any atom is 0.340 e. The lowest BCUT2D eigenvalue weighted by Gasteiger charge is -2.33. The third-order valence-corrected chi connectivity index (χ3v) is 6.85. The van der Waals surface area contributed by atoms with Crippen molar-refractivity contribution in [3.8, 4) is 0 Å². The average molecular weight is 581 g/mol. The molecule has 9 heteroatoms. The molecule has 5 rings (SSSR count). The highest BCUT2D eigenvalue weighted by Crippen LogP contribution is 2.39. The summed E-state index contributed by atoms with van der Waals surface area (Å²) in [5.41, 5.74) is -0.901. The normalized spacial score (nSPS) is 20.9. The molecule has 43 heavy (non-hydrogen) atoms. The summed E-state index contributed by atoms with van der Waals surface area (Å²) in [5, 5.41) is 0. The summed E-state index contributed by atoms with van der Waals surface area (Å²) in [4.78, 5) is 52.5. The Labute approximate surface area is 247 Å². The van der Waals surface area contributed by atoms with Crippen LogP contribution < -0.4 is 0 Å². The molecule has 0 saturated carbocycles. The second-order valence-corrected chi connectivity index (χ2v) is 9.87. The molecule has 9 nitrogen and oxygen atoms in total. The van der Waals surface area contributed by atoms with Gasteiger partial charge in [-0.05, 0) is 55.5 Å². The quantitative estimate of drug-likeness (QED) is 0.193. The van der Waals surface area contributed by atoms with Crippen LogP contribution in [0.15, 0.2) is 121 Å². The lowest BCUT2D eigenvalue weighted by Crippen LogP contribution is -2.53. The molecule has 4 atom stereocenters. The molecule has 0 aromatic heterocycles. The maximum atomic E-state index is 13.3. The van der Waals surface area contributed by atoms with Crippen molar-refractivity contribution in [2.75, 3.05) is 6.61 Å². The first kappa shape index (κ1) is 29.2. The van der Waals surface area contributed by atoms with E-state index in [2.05, 4.69) is 0 Å². The highest BCUT2D eigenvalue weighted by molar-refractivity contribution is 5.91. The molecule has 0 N–H and O–H groups in total. The molecule has 4 aromatic rings. The molecular formula is C34H28O9. The number of benzene rings is 4. The van der Waals surface area contributed by atoms with Gasteiger partial charge in [0.1, 0.15) is 12.7 Å². The van der Waals surface area contributed by atoms with Gasteiger partial charge in [0.25, 0.3) is 0 Å². The number of carbonyl (C=O) groups is 4. The Bertz CT molecular complexity index is 1560. The minimum absolute atomic E-state index is 0.212. The van der Waals surface area contributed by atoms with Gasteiger partial charge in [0.05, 0.1) is 22.3 Å². The minimum Gasteiger partial charge on any atom is -0.459 e. The third kappa shape index (κ3) is 6.79. The van der Waals surface area contributed by atoms with Crippen molar-refractivity contribution in [3.63, 3.8) is 0 Å². The molecule has 0 amide bonds. The largest absolute Gasteiger partial charge is 0.459 e. The molecule has 0 unspecified atom stereocenters. The van der Waals surface area contributed by atoms with Gasteiger partial charge in [-0.25, -0.2) is 19.2 Å². The summed E-state index contributed by atoms with van der Waals surface area (Å²) >= 11 is 0. The Morgan fingerprint density at radius 3 is 1.44 bits per heavy atom. The smallest absolute Gasteiger partial charge is 0.340 e. The van der Waals surface area contributed by atoms with E-state index in [-0.39, 0.29) is 16.7 Å². The highest BCUT2D eigenvalue weighted by Gasteiger charge is 2.61. The van der Waals surface area contributed by atoms with Gasteiger partial charge >= 0.3 is 23.9 Å². The highest BCUT2D eigenvalue weighted by atomic mass is 16.8. The molecular weight excluding hydrogens is 552 g/mol. The van der Waals surface area contributed by atoms with Crippen molar-refractivity contribution in [1.29, 1.82) is 0 Å². The first-order valence-corrected chi connectivity index (χ1v) is 13.5. The van der Waals surface area contributed by atoms with Gasteiger partial charge in [0.2, 0.25) is 11.9 Å². The molecule has 1 heterocycles. The molecule has 0 radical (unpaired) electrons. The Morgan fingerprint density at radius 1 is 0.581 bits per heavy atom. The van der Waals surface area contributed by atoms with Gasteiger partial charge in [-0.3, -0.25) is 0 Å². The topological polar surface area (TPSA) is 114 Å². The first-order chi connectivity index (χ1) is 20.8. The van der Waals surface area contributed by atoms with Crippen LogP contribution in [0.1, 0.15) is 48.4 Å². The molecule has 0 spiro atoms. The molecule has 0 bridgehead atoms.